The molecular weight excluding hydrogens is 396 g/mol. The third-order valence-electron chi connectivity index (χ3n) is 10.7. The van der Waals surface area contributed by atoms with Crippen molar-refractivity contribution in [3.05, 3.63) is 35.5 Å². The van der Waals surface area contributed by atoms with Gasteiger partial charge in [-0.2, -0.15) is 0 Å². The van der Waals surface area contributed by atoms with E-state index >= 15 is 0 Å². The van der Waals surface area contributed by atoms with Gasteiger partial charge in [0.2, 0.25) is 0 Å². The standard InChI is InChI=1S/C29H42O3/c1-7-19(17(2)3)9-8-18(4)21-10-11-22-24-23(13-14-27(21,22)5)28(6)15-12-20(30)16-29(28)26(32-29)25(24)31/h8-9,18-21,23,26,30H,2,7,10-16H2,1,3-6H3/t18-,19+,20+,21-,23+,26+,27-,28-,29+/m1/s1. The molecule has 0 radical (unpaired) electrons. The number of rotatable bonds is 5. The zero-order chi connectivity index (χ0) is 23.1. The van der Waals surface area contributed by atoms with E-state index < -0.39 is 5.60 Å². The highest BCUT2D eigenvalue weighted by Crippen LogP contribution is 2.71. The first kappa shape index (κ1) is 22.6. The van der Waals surface area contributed by atoms with E-state index in [1.807, 2.05) is 0 Å². The Kier molecular flexibility index (Phi) is 5.23. The summed E-state index contributed by atoms with van der Waals surface area (Å²) in [7, 11) is 0. The highest BCUT2D eigenvalue weighted by Gasteiger charge is 2.77. The summed E-state index contributed by atoms with van der Waals surface area (Å²) in [6.07, 6.45) is 12.2. The van der Waals surface area contributed by atoms with E-state index in [4.69, 9.17) is 4.74 Å². The van der Waals surface area contributed by atoms with Crippen molar-refractivity contribution >= 4 is 5.78 Å². The predicted octanol–water partition coefficient (Wildman–Crippen LogP) is 6.18. The van der Waals surface area contributed by atoms with E-state index in [9.17, 15) is 9.90 Å². The number of aliphatic hydroxyl groups is 1. The van der Waals surface area contributed by atoms with E-state index in [1.165, 1.54) is 24.0 Å². The number of aliphatic hydroxyl groups excluding tert-OH is 1. The lowest BCUT2D eigenvalue weighted by Crippen LogP contribution is -2.56. The Labute approximate surface area is 194 Å². The molecule has 0 bridgehead atoms. The summed E-state index contributed by atoms with van der Waals surface area (Å²) < 4.78 is 6.24. The molecule has 0 aromatic rings. The van der Waals surface area contributed by atoms with E-state index in [0.29, 0.717) is 30.1 Å². The van der Waals surface area contributed by atoms with Crippen LogP contribution in [0.2, 0.25) is 0 Å². The van der Waals surface area contributed by atoms with E-state index in [0.717, 1.165) is 37.7 Å². The van der Waals surface area contributed by atoms with Crippen molar-refractivity contribution in [3.8, 4) is 0 Å². The number of Topliss-reactive ketones (excluding diaryl/α,β-unsaturated/α-hetero) is 1. The number of fused-ring (bicyclic) bond motifs is 3. The maximum atomic E-state index is 13.7. The van der Waals surface area contributed by atoms with Crippen LogP contribution in [0.3, 0.4) is 0 Å². The number of epoxide rings is 1. The molecular formula is C29H42O3. The van der Waals surface area contributed by atoms with Crippen molar-refractivity contribution in [2.45, 2.75) is 104 Å². The summed E-state index contributed by atoms with van der Waals surface area (Å²) in [5.41, 5.74) is 3.58. The van der Waals surface area contributed by atoms with Crippen LogP contribution in [0, 0.1) is 34.5 Å². The molecule has 1 N–H and O–H groups in total. The van der Waals surface area contributed by atoms with Gasteiger partial charge in [-0.05, 0) is 81.0 Å². The lowest BCUT2D eigenvalue weighted by atomic mass is 9.48. The van der Waals surface area contributed by atoms with Crippen LogP contribution < -0.4 is 0 Å². The molecule has 1 spiro atoms. The summed E-state index contributed by atoms with van der Waals surface area (Å²) in [5.74, 6) is 2.12. The molecule has 5 aliphatic rings. The fourth-order valence-electron chi connectivity index (χ4n) is 8.60. The van der Waals surface area contributed by atoms with E-state index in [-0.39, 0.29) is 28.8 Å². The molecule has 0 amide bonds. The zero-order valence-corrected chi connectivity index (χ0v) is 20.7. The van der Waals surface area contributed by atoms with Crippen LogP contribution in [0.25, 0.3) is 0 Å². The predicted molar refractivity (Wildman–Crippen MR) is 128 cm³/mol. The Hall–Kier alpha value is -1.19. The van der Waals surface area contributed by atoms with Gasteiger partial charge in [-0.15, -0.1) is 0 Å². The molecule has 0 aromatic heterocycles. The minimum atomic E-state index is -0.393. The van der Waals surface area contributed by atoms with E-state index in [1.54, 1.807) is 0 Å². The highest BCUT2D eigenvalue weighted by atomic mass is 16.6. The fraction of sp³-hybridized carbons (Fsp3) is 0.759. The quantitative estimate of drug-likeness (QED) is 0.412. The first-order valence-electron chi connectivity index (χ1n) is 13.1. The second-order valence-electron chi connectivity index (χ2n) is 12.2. The first-order valence-corrected chi connectivity index (χ1v) is 13.1. The van der Waals surface area contributed by atoms with Crippen molar-refractivity contribution in [2.75, 3.05) is 0 Å². The molecule has 0 unspecified atom stereocenters. The maximum absolute atomic E-state index is 13.7. The minimum absolute atomic E-state index is 0.00604. The number of ketones is 1. The lowest BCUT2D eigenvalue weighted by Gasteiger charge is -2.54. The van der Waals surface area contributed by atoms with Gasteiger partial charge in [-0.1, -0.05) is 57.6 Å². The second-order valence-corrected chi connectivity index (χ2v) is 12.2. The van der Waals surface area contributed by atoms with Gasteiger partial charge in [0.15, 0.2) is 11.9 Å². The molecule has 3 heteroatoms. The lowest BCUT2D eigenvalue weighted by molar-refractivity contribution is -0.121. The molecule has 1 saturated heterocycles. The molecule has 3 nitrogen and oxygen atoms in total. The molecule has 4 fully saturated rings. The molecule has 1 heterocycles. The summed E-state index contributed by atoms with van der Waals surface area (Å²) >= 11 is 0. The second kappa shape index (κ2) is 7.40. The summed E-state index contributed by atoms with van der Waals surface area (Å²) in [6, 6.07) is 0. The summed E-state index contributed by atoms with van der Waals surface area (Å²) in [5, 5.41) is 10.4. The molecule has 1 aliphatic heterocycles. The van der Waals surface area contributed by atoms with Crippen molar-refractivity contribution in [2.24, 2.45) is 34.5 Å². The number of ether oxygens (including phenoxy) is 1. The van der Waals surface area contributed by atoms with Crippen LogP contribution in [0.4, 0.5) is 0 Å². The van der Waals surface area contributed by atoms with E-state index in [2.05, 4.69) is 53.3 Å². The van der Waals surface area contributed by atoms with Crippen LogP contribution in [0.1, 0.15) is 86.0 Å². The third kappa shape index (κ3) is 2.89. The van der Waals surface area contributed by atoms with Crippen molar-refractivity contribution in [1.29, 1.82) is 0 Å². The van der Waals surface area contributed by atoms with Gasteiger partial charge in [0, 0.05) is 17.4 Å². The SMILES string of the molecule is C=C(C)[C@H](C=C[C@@H](C)[C@H]1CCC2=C3C(=O)[C@@H]4O[C@@]45C[C@@H](O)CC[C@]5(C)[C@H]3CC[C@@]21C)CC. The smallest absolute Gasteiger partial charge is 0.190 e. The van der Waals surface area contributed by atoms with Crippen LogP contribution >= 0.6 is 0 Å². The average molecular weight is 439 g/mol. The number of carbonyl (C=O) groups is 1. The average Bonchev–Trinajstić information content (AvgIpc) is 3.36. The van der Waals surface area contributed by atoms with Gasteiger partial charge < -0.3 is 9.84 Å². The largest absolute Gasteiger partial charge is 0.393 e. The Morgan fingerprint density at radius 1 is 1.25 bits per heavy atom. The maximum Gasteiger partial charge on any atom is 0.190 e. The summed E-state index contributed by atoms with van der Waals surface area (Å²) in [6.45, 7) is 15.7. The van der Waals surface area contributed by atoms with Gasteiger partial charge >= 0.3 is 0 Å². The van der Waals surface area contributed by atoms with Crippen molar-refractivity contribution in [3.63, 3.8) is 0 Å². The van der Waals surface area contributed by atoms with Gasteiger partial charge in [0.05, 0.1) is 6.10 Å². The molecule has 176 valence electrons. The monoisotopic (exact) mass is 438 g/mol. The number of allylic oxidation sites excluding steroid dienone is 4. The molecule has 5 rings (SSSR count). The third-order valence-corrected chi connectivity index (χ3v) is 10.7. The molecule has 3 saturated carbocycles. The highest BCUT2D eigenvalue weighted by molar-refractivity contribution is 6.04. The van der Waals surface area contributed by atoms with Gasteiger partial charge in [-0.3, -0.25) is 4.79 Å². The topological polar surface area (TPSA) is 49.8 Å². The zero-order valence-electron chi connectivity index (χ0n) is 20.7. The molecule has 0 aromatic carbocycles. The Morgan fingerprint density at radius 3 is 2.69 bits per heavy atom. The van der Waals surface area contributed by atoms with Crippen molar-refractivity contribution in [1.82, 2.24) is 0 Å². The Morgan fingerprint density at radius 2 is 2.00 bits per heavy atom. The van der Waals surface area contributed by atoms with Gasteiger partial charge in [0.25, 0.3) is 0 Å². The summed E-state index contributed by atoms with van der Waals surface area (Å²) in [4.78, 5) is 13.7. The number of hydrogen-bond donors (Lipinski definition) is 1. The first-order chi connectivity index (χ1) is 15.1. The molecule has 9 atom stereocenters. The van der Waals surface area contributed by atoms with Crippen LogP contribution in [0.15, 0.2) is 35.5 Å². The van der Waals surface area contributed by atoms with Gasteiger partial charge in [-0.25, -0.2) is 0 Å². The van der Waals surface area contributed by atoms with Crippen molar-refractivity contribution < 1.29 is 14.6 Å². The molecule has 4 aliphatic carbocycles. The minimum Gasteiger partial charge on any atom is -0.393 e. The van der Waals surface area contributed by atoms with Crippen LogP contribution in [0.5, 0.6) is 0 Å². The number of carbonyl (C=O) groups excluding carboxylic acids is 1. The molecule has 32 heavy (non-hydrogen) atoms. The van der Waals surface area contributed by atoms with Gasteiger partial charge in [0.1, 0.15) is 5.60 Å². The van der Waals surface area contributed by atoms with Crippen LogP contribution in [-0.4, -0.2) is 28.7 Å². The Balaban J connectivity index is 1.47. The normalized spacial score (nSPS) is 46.9. The number of hydrogen-bond acceptors (Lipinski definition) is 3. The van der Waals surface area contributed by atoms with Crippen LogP contribution in [-0.2, 0) is 9.53 Å². The Bertz CT molecular complexity index is 898. The fourth-order valence-corrected chi connectivity index (χ4v) is 8.60.